The number of hydrogen-bond donors (Lipinski definition) is 1. The van der Waals surface area contributed by atoms with Crippen molar-refractivity contribution in [1.29, 1.82) is 0 Å². The number of phenols is 1. The van der Waals surface area contributed by atoms with Crippen LogP contribution in [0.2, 0.25) is 0 Å². The quantitative estimate of drug-likeness (QED) is 0.522. The topological polar surface area (TPSA) is 75.8 Å². The van der Waals surface area contributed by atoms with E-state index in [9.17, 15) is 19.6 Å². The summed E-state index contributed by atoms with van der Waals surface area (Å²) in [6, 6.07) is 2.26. The van der Waals surface area contributed by atoms with Crippen molar-refractivity contribution in [2.75, 3.05) is 20.2 Å². The van der Waals surface area contributed by atoms with Crippen molar-refractivity contribution in [3.8, 4) is 5.75 Å². The number of rotatable bonds is 4. The molecule has 111 valence electrons. The van der Waals surface area contributed by atoms with E-state index >= 15 is 0 Å². The normalized spacial score (nSPS) is 17.9. The Morgan fingerprint density at radius 3 is 3.00 bits per heavy atom. The standard InChI is InChI=1S/C13H15BFN2O4/c1-21-14-16-4-2-3-9(8-16)5-10-6-11(15)13(18)12(7-10)17(19)20/h5-7,18H,2-4,8H2,1H3. The van der Waals surface area contributed by atoms with Crippen LogP contribution in [0.5, 0.6) is 5.75 Å². The molecule has 1 radical (unpaired) electrons. The molecule has 1 aromatic rings. The number of nitrogens with zero attached hydrogens (tertiary/aromatic N) is 2. The van der Waals surface area contributed by atoms with E-state index < -0.39 is 22.2 Å². The van der Waals surface area contributed by atoms with Gasteiger partial charge in [0.05, 0.1) is 4.92 Å². The molecule has 2 rings (SSSR count). The zero-order valence-electron chi connectivity index (χ0n) is 11.6. The first-order chi connectivity index (χ1) is 10.0. The third-order valence-corrected chi connectivity index (χ3v) is 3.24. The average molecular weight is 293 g/mol. The van der Waals surface area contributed by atoms with Gasteiger partial charge in [-0.1, -0.05) is 11.6 Å². The number of phenolic OH excluding ortho intramolecular Hbond substituents is 1. The molecular formula is C13H15BFN2O4. The molecule has 1 saturated heterocycles. The molecule has 1 aliphatic rings. The van der Waals surface area contributed by atoms with Gasteiger partial charge in [-0.05, 0) is 31.0 Å². The second-order valence-electron chi connectivity index (χ2n) is 4.85. The van der Waals surface area contributed by atoms with Crippen molar-refractivity contribution >= 4 is 19.4 Å². The van der Waals surface area contributed by atoms with E-state index in [0.717, 1.165) is 31.0 Å². The molecule has 1 N–H and O–H groups in total. The maximum atomic E-state index is 13.5. The minimum absolute atomic E-state index is 0.367. The number of piperidine rings is 1. The molecule has 21 heavy (non-hydrogen) atoms. The second-order valence-corrected chi connectivity index (χ2v) is 4.85. The van der Waals surface area contributed by atoms with Gasteiger partial charge in [0.2, 0.25) is 5.75 Å². The monoisotopic (exact) mass is 293 g/mol. The highest BCUT2D eigenvalue weighted by Crippen LogP contribution is 2.31. The van der Waals surface area contributed by atoms with Crippen molar-refractivity contribution in [3.63, 3.8) is 0 Å². The van der Waals surface area contributed by atoms with E-state index in [0.29, 0.717) is 12.1 Å². The highest BCUT2D eigenvalue weighted by atomic mass is 19.1. The summed E-state index contributed by atoms with van der Waals surface area (Å²) < 4.78 is 18.5. The molecule has 1 aliphatic heterocycles. The van der Waals surface area contributed by atoms with E-state index in [-0.39, 0.29) is 0 Å². The first-order valence-corrected chi connectivity index (χ1v) is 6.48. The molecule has 1 aromatic carbocycles. The predicted octanol–water partition coefficient (Wildman–Crippen LogP) is 2.10. The lowest BCUT2D eigenvalue weighted by Crippen LogP contribution is -2.35. The average Bonchev–Trinajstić information content (AvgIpc) is 2.43. The number of halogens is 1. The van der Waals surface area contributed by atoms with Gasteiger partial charge in [0.1, 0.15) is 0 Å². The lowest BCUT2D eigenvalue weighted by molar-refractivity contribution is -0.386. The van der Waals surface area contributed by atoms with E-state index in [2.05, 4.69) is 0 Å². The molecule has 0 saturated carbocycles. The van der Waals surface area contributed by atoms with Crippen LogP contribution in [0, 0.1) is 15.9 Å². The second kappa shape index (κ2) is 6.69. The van der Waals surface area contributed by atoms with Crippen molar-refractivity contribution < 1.29 is 19.1 Å². The van der Waals surface area contributed by atoms with Gasteiger partial charge >= 0.3 is 13.3 Å². The van der Waals surface area contributed by atoms with Gasteiger partial charge < -0.3 is 14.6 Å². The van der Waals surface area contributed by atoms with Crippen molar-refractivity contribution in [1.82, 2.24) is 4.81 Å². The van der Waals surface area contributed by atoms with Crippen LogP contribution in [-0.2, 0) is 4.65 Å². The first-order valence-electron chi connectivity index (χ1n) is 6.48. The Labute approximate surface area is 122 Å². The van der Waals surface area contributed by atoms with E-state index in [1.807, 2.05) is 4.81 Å². The number of hydrogen-bond acceptors (Lipinski definition) is 5. The first kappa shape index (κ1) is 15.5. The summed E-state index contributed by atoms with van der Waals surface area (Å²) in [6.45, 7) is 1.50. The van der Waals surface area contributed by atoms with Gasteiger partial charge in [-0.25, -0.2) is 4.39 Å². The van der Waals surface area contributed by atoms with Gasteiger partial charge in [-0.2, -0.15) is 0 Å². The van der Waals surface area contributed by atoms with Crippen LogP contribution in [-0.4, -0.2) is 42.7 Å². The molecule has 1 heterocycles. The smallest absolute Gasteiger partial charge is 0.398 e. The van der Waals surface area contributed by atoms with Gasteiger partial charge in [0.25, 0.3) is 0 Å². The number of aromatic hydroxyl groups is 1. The van der Waals surface area contributed by atoms with Crippen LogP contribution in [0.15, 0.2) is 17.7 Å². The van der Waals surface area contributed by atoms with Crippen LogP contribution >= 0.6 is 0 Å². The third-order valence-electron chi connectivity index (χ3n) is 3.24. The Morgan fingerprint density at radius 2 is 2.33 bits per heavy atom. The Bertz CT molecular complexity index is 578. The zero-order chi connectivity index (χ0) is 15.4. The minimum Gasteiger partial charge on any atom is -0.500 e. The lowest BCUT2D eigenvalue weighted by atomic mass is 9.97. The summed E-state index contributed by atoms with van der Waals surface area (Å²) in [6.07, 6.45) is 3.48. The van der Waals surface area contributed by atoms with Crippen molar-refractivity contribution in [2.24, 2.45) is 0 Å². The van der Waals surface area contributed by atoms with E-state index in [1.165, 1.54) is 6.07 Å². The fraction of sp³-hybridized carbons (Fsp3) is 0.385. The van der Waals surface area contributed by atoms with Crippen LogP contribution in [0.4, 0.5) is 10.1 Å². The van der Waals surface area contributed by atoms with Gasteiger partial charge in [0.15, 0.2) is 5.82 Å². The molecule has 8 heteroatoms. The van der Waals surface area contributed by atoms with Gasteiger partial charge in [-0.3, -0.25) is 10.1 Å². The molecule has 0 bridgehead atoms. The number of nitro groups is 1. The Morgan fingerprint density at radius 1 is 1.57 bits per heavy atom. The number of nitro benzene ring substituents is 1. The number of benzene rings is 1. The van der Waals surface area contributed by atoms with Crippen molar-refractivity contribution in [3.05, 3.63) is 39.2 Å². The molecule has 0 spiro atoms. The van der Waals surface area contributed by atoms with Crippen molar-refractivity contribution in [2.45, 2.75) is 12.8 Å². The molecule has 0 atom stereocenters. The fourth-order valence-corrected chi connectivity index (χ4v) is 2.35. The molecule has 0 unspecified atom stereocenters. The Hall–Kier alpha value is -1.93. The predicted molar refractivity (Wildman–Crippen MR) is 76.3 cm³/mol. The third kappa shape index (κ3) is 3.80. The molecule has 0 aromatic heterocycles. The van der Waals surface area contributed by atoms with Gasteiger partial charge in [-0.15, -0.1) is 0 Å². The highest BCUT2D eigenvalue weighted by Gasteiger charge is 2.20. The van der Waals surface area contributed by atoms with Crippen LogP contribution in [0.1, 0.15) is 18.4 Å². The summed E-state index contributed by atoms with van der Waals surface area (Å²) in [5.41, 5.74) is 0.762. The zero-order valence-corrected chi connectivity index (χ0v) is 11.6. The summed E-state index contributed by atoms with van der Waals surface area (Å²) in [4.78, 5) is 12.0. The fourth-order valence-electron chi connectivity index (χ4n) is 2.35. The summed E-state index contributed by atoms with van der Waals surface area (Å²) in [5, 5.41) is 20.1. The maximum Gasteiger partial charge on any atom is 0.398 e. The molecule has 1 fully saturated rings. The minimum atomic E-state index is -0.993. The highest BCUT2D eigenvalue weighted by molar-refractivity contribution is 6.23. The van der Waals surface area contributed by atoms with E-state index in [4.69, 9.17) is 4.65 Å². The SMILES string of the molecule is CO[B]N1CCCC(=Cc2cc(F)c(O)c([N+](=O)[O-])c2)C1. The van der Waals surface area contributed by atoms with Gasteiger partial charge in [0, 0.05) is 19.7 Å². The molecular weight excluding hydrogens is 278 g/mol. The largest absolute Gasteiger partial charge is 0.500 e. The molecule has 0 aliphatic carbocycles. The summed E-state index contributed by atoms with van der Waals surface area (Å²) >= 11 is 0. The maximum absolute atomic E-state index is 13.5. The van der Waals surface area contributed by atoms with Crippen LogP contribution < -0.4 is 0 Å². The Kier molecular flexibility index (Phi) is 4.92. The Balaban J connectivity index is 2.26. The van der Waals surface area contributed by atoms with Crippen LogP contribution in [0.3, 0.4) is 0 Å². The van der Waals surface area contributed by atoms with Crippen LogP contribution in [0.25, 0.3) is 6.08 Å². The summed E-state index contributed by atoms with van der Waals surface area (Å²) in [7, 11) is 3.18. The van der Waals surface area contributed by atoms with E-state index in [1.54, 1.807) is 20.8 Å². The summed E-state index contributed by atoms with van der Waals surface area (Å²) in [5.74, 6) is -1.92. The lowest BCUT2D eigenvalue weighted by Gasteiger charge is -2.26. The molecule has 0 amide bonds. The molecule has 6 nitrogen and oxygen atoms in total.